The molecular formula is C20H16N4S. The zero-order chi connectivity index (χ0) is 17.2. The van der Waals surface area contributed by atoms with Gasteiger partial charge in [-0.25, -0.2) is 15.0 Å². The summed E-state index contributed by atoms with van der Waals surface area (Å²) in [5.41, 5.74) is 11.0. The van der Waals surface area contributed by atoms with Crippen molar-refractivity contribution >= 4 is 17.3 Å². The van der Waals surface area contributed by atoms with Gasteiger partial charge in [0, 0.05) is 11.8 Å². The quantitative estimate of drug-likeness (QED) is 0.578. The first-order valence-electron chi connectivity index (χ1n) is 7.93. The Balaban J connectivity index is 1.68. The molecule has 0 radical (unpaired) electrons. The van der Waals surface area contributed by atoms with Crippen molar-refractivity contribution in [2.75, 3.05) is 5.73 Å². The molecule has 4 nitrogen and oxygen atoms in total. The van der Waals surface area contributed by atoms with Gasteiger partial charge in [0.1, 0.15) is 5.01 Å². The number of hydrogen-bond acceptors (Lipinski definition) is 5. The minimum Gasteiger partial charge on any atom is -0.368 e. The SMILES string of the molecule is Cc1nc(-c2ccc(-c3ccccc3)cc2)sc1-c1ccnc(N)n1. The van der Waals surface area contributed by atoms with E-state index in [9.17, 15) is 0 Å². The highest BCUT2D eigenvalue weighted by Crippen LogP contribution is 2.35. The van der Waals surface area contributed by atoms with E-state index < -0.39 is 0 Å². The molecular weight excluding hydrogens is 328 g/mol. The average molecular weight is 344 g/mol. The highest BCUT2D eigenvalue weighted by atomic mass is 32.1. The van der Waals surface area contributed by atoms with Gasteiger partial charge in [0.15, 0.2) is 0 Å². The largest absolute Gasteiger partial charge is 0.368 e. The standard InChI is InChI=1S/C20H16N4S/c1-13-18(17-11-12-22-20(21)24-17)25-19(23-13)16-9-7-15(8-10-16)14-5-3-2-4-6-14/h2-12H,1H3,(H2,21,22,24). The predicted octanol–water partition coefficient (Wildman–Crippen LogP) is 4.82. The fraction of sp³-hybridized carbons (Fsp3) is 0.0500. The number of nitrogens with two attached hydrogens (primary N) is 1. The van der Waals surface area contributed by atoms with Crippen LogP contribution in [0.3, 0.4) is 0 Å². The number of rotatable bonds is 3. The molecule has 0 amide bonds. The minimum atomic E-state index is 0.277. The number of anilines is 1. The smallest absolute Gasteiger partial charge is 0.220 e. The van der Waals surface area contributed by atoms with Gasteiger partial charge in [0.2, 0.25) is 5.95 Å². The lowest BCUT2D eigenvalue weighted by Crippen LogP contribution is -1.94. The van der Waals surface area contributed by atoms with E-state index in [4.69, 9.17) is 10.7 Å². The Labute approximate surface area is 150 Å². The van der Waals surface area contributed by atoms with Crippen LogP contribution in [0.2, 0.25) is 0 Å². The summed E-state index contributed by atoms with van der Waals surface area (Å²) in [5.74, 6) is 0.277. The first kappa shape index (κ1) is 15.5. The molecule has 5 heteroatoms. The Bertz CT molecular complexity index is 1010. The molecule has 0 spiro atoms. The number of aryl methyl sites for hydroxylation is 1. The third kappa shape index (κ3) is 3.14. The lowest BCUT2D eigenvalue weighted by molar-refractivity contribution is 1.18. The Morgan fingerprint density at radius 2 is 1.48 bits per heavy atom. The second kappa shape index (κ2) is 6.45. The van der Waals surface area contributed by atoms with Crippen LogP contribution in [0.5, 0.6) is 0 Å². The Morgan fingerprint density at radius 1 is 0.800 bits per heavy atom. The van der Waals surface area contributed by atoms with Crippen LogP contribution in [0.15, 0.2) is 66.9 Å². The van der Waals surface area contributed by atoms with Crippen molar-refractivity contribution in [3.63, 3.8) is 0 Å². The number of nitrogens with zero attached hydrogens (tertiary/aromatic N) is 3. The Morgan fingerprint density at radius 3 is 2.20 bits per heavy atom. The predicted molar refractivity (Wildman–Crippen MR) is 103 cm³/mol. The van der Waals surface area contributed by atoms with Crippen LogP contribution in [0.25, 0.3) is 32.3 Å². The summed E-state index contributed by atoms with van der Waals surface area (Å²) < 4.78 is 0. The first-order chi connectivity index (χ1) is 12.2. The molecule has 0 atom stereocenters. The van der Waals surface area contributed by atoms with E-state index in [0.717, 1.165) is 26.8 Å². The third-order valence-electron chi connectivity index (χ3n) is 3.94. The van der Waals surface area contributed by atoms with Crippen molar-refractivity contribution in [1.29, 1.82) is 0 Å². The molecule has 0 bridgehead atoms. The van der Waals surface area contributed by atoms with Crippen LogP contribution in [-0.2, 0) is 0 Å². The fourth-order valence-electron chi connectivity index (χ4n) is 2.69. The molecule has 4 rings (SSSR count). The van der Waals surface area contributed by atoms with Crippen molar-refractivity contribution in [2.45, 2.75) is 6.92 Å². The van der Waals surface area contributed by atoms with Gasteiger partial charge in [-0.15, -0.1) is 11.3 Å². The van der Waals surface area contributed by atoms with Crippen LogP contribution >= 0.6 is 11.3 Å². The van der Waals surface area contributed by atoms with E-state index in [2.05, 4.69) is 46.4 Å². The van der Waals surface area contributed by atoms with Gasteiger partial charge in [-0.3, -0.25) is 0 Å². The van der Waals surface area contributed by atoms with Crippen molar-refractivity contribution in [3.8, 4) is 32.3 Å². The number of thiazole rings is 1. The highest BCUT2D eigenvalue weighted by molar-refractivity contribution is 7.18. The van der Waals surface area contributed by atoms with Gasteiger partial charge in [-0.1, -0.05) is 54.6 Å². The van der Waals surface area contributed by atoms with E-state index in [-0.39, 0.29) is 5.95 Å². The molecule has 0 fully saturated rings. The van der Waals surface area contributed by atoms with Crippen LogP contribution < -0.4 is 5.73 Å². The summed E-state index contributed by atoms with van der Waals surface area (Å²) in [6.07, 6.45) is 1.67. The molecule has 2 aromatic carbocycles. The second-order valence-electron chi connectivity index (χ2n) is 5.68. The van der Waals surface area contributed by atoms with Gasteiger partial charge in [0.05, 0.1) is 16.3 Å². The summed E-state index contributed by atoms with van der Waals surface area (Å²) in [7, 11) is 0. The van der Waals surface area contributed by atoms with E-state index in [1.807, 2.05) is 31.2 Å². The molecule has 4 aromatic rings. The van der Waals surface area contributed by atoms with E-state index in [1.165, 1.54) is 11.1 Å². The number of hydrogen-bond donors (Lipinski definition) is 1. The molecule has 0 saturated carbocycles. The molecule has 2 N–H and O–H groups in total. The van der Waals surface area contributed by atoms with E-state index in [0.29, 0.717) is 0 Å². The Hall–Kier alpha value is -3.05. The average Bonchev–Trinajstić information content (AvgIpc) is 3.04. The van der Waals surface area contributed by atoms with Crippen LogP contribution in [0.1, 0.15) is 5.69 Å². The van der Waals surface area contributed by atoms with Gasteiger partial charge in [0.25, 0.3) is 0 Å². The van der Waals surface area contributed by atoms with Crippen molar-refractivity contribution in [3.05, 3.63) is 72.6 Å². The molecule has 2 heterocycles. The molecule has 25 heavy (non-hydrogen) atoms. The van der Waals surface area contributed by atoms with Crippen molar-refractivity contribution < 1.29 is 0 Å². The van der Waals surface area contributed by atoms with Crippen molar-refractivity contribution in [2.24, 2.45) is 0 Å². The summed E-state index contributed by atoms with van der Waals surface area (Å²) >= 11 is 1.62. The van der Waals surface area contributed by atoms with Gasteiger partial charge >= 0.3 is 0 Å². The molecule has 0 aliphatic rings. The lowest BCUT2D eigenvalue weighted by Gasteiger charge is -2.02. The maximum Gasteiger partial charge on any atom is 0.220 e. The van der Waals surface area contributed by atoms with Crippen LogP contribution in [0.4, 0.5) is 5.95 Å². The van der Waals surface area contributed by atoms with Gasteiger partial charge in [-0.05, 0) is 24.1 Å². The number of nitrogen functional groups attached to an aromatic ring is 1. The summed E-state index contributed by atoms with van der Waals surface area (Å²) in [6, 6.07) is 20.7. The second-order valence-corrected chi connectivity index (χ2v) is 6.68. The van der Waals surface area contributed by atoms with E-state index >= 15 is 0 Å². The topological polar surface area (TPSA) is 64.7 Å². The van der Waals surface area contributed by atoms with Crippen LogP contribution in [-0.4, -0.2) is 15.0 Å². The van der Waals surface area contributed by atoms with E-state index in [1.54, 1.807) is 17.5 Å². The normalized spacial score (nSPS) is 10.8. The number of benzene rings is 2. The molecule has 0 unspecified atom stereocenters. The fourth-order valence-corrected chi connectivity index (χ4v) is 3.74. The zero-order valence-electron chi connectivity index (χ0n) is 13.7. The maximum absolute atomic E-state index is 5.70. The zero-order valence-corrected chi connectivity index (χ0v) is 14.5. The third-order valence-corrected chi connectivity index (χ3v) is 5.17. The Kier molecular flexibility index (Phi) is 3.99. The molecule has 0 aliphatic carbocycles. The summed E-state index contributed by atoms with van der Waals surface area (Å²) in [5, 5.41) is 0.976. The van der Waals surface area contributed by atoms with Crippen LogP contribution in [0, 0.1) is 6.92 Å². The van der Waals surface area contributed by atoms with Crippen molar-refractivity contribution in [1.82, 2.24) is 15.0 Å². The molecule has 0 aliphatic heterocycles. The lowest BCUT2D eigenvalue weighted by atomic mass is 10.0. The maximum atomic E-state index is 5.70. The van der Waals surface area contributed by atoms with Gasteiger partial charge < -0.3 is 5.73 Å². The minimum absolute atomic E-state index is 0.277. The summed E-state index contributed by atoms with van der Waals surface area (Å²) in [6.45, 7) is 1.99. The molecule has 0 saturated heterocycles. The monoisotopic (exact) mass is 344 g/mol. The summed E-state index contributed by atoms with van der Waals surface area (Å²) in [4.78, 5) is 14.0. The molecule has 2 aromatic heterocycles. The highest BCUT2D eigenvalue weighted by Gasteiger charge is 2.13. The number of aromatic nitrogens is 3. The van der Waals surface area contributed by atoms with Gasteiger partial charge in [-0.2, -0.15) is 0 Å². The molecule has 122 valence electrons. The first-order valence-corrected chi connectivity index (χ1v) is 8.74.